The number of morpholine rings is 1. The molecule has 1 aromatic carbocycles. The van der Waals surface area contributed by atoms with Crippen LogP contribution in [0.25, 0.3) is 12.2 Å². The van der Waals surface area contributed by atoms with E-state index >= 15 is 0 Å². The molecule has 29 heavy (non-hydrogen) atoms. The van der Waals surface area contributed by atoms with E-state index in [1.165, 1.54) is 28.9 Å². The third-order valence-electron chi connectivity index (χ3n) is 4.27. The summed E-state index contributed by atoms with van der Waals surface area (Å²) in [6, 6.07) is 5.82. The fraction of sp³-hybridized carbons (Fsp3) is 0.350. The number of carbonyl (C=O) groups excluding carboxylic acids is 2. The van der Waals surface area contributed by atoms with E-state index in [9.17, 15) is 18.8 Å². The van der Waals surface area contributed by atoms with Gasteiger partial charge in [0.15, 0.2) is 0 Å². The minimum atomic E-state index is -0.598. The molecule has 1 amide bonds. The van der Waals surface area contributed by atoms with E-state index in [4.69, 9.17) is 9.47 Å². The summed E-state index contributed by atoms with van der Waals surface area (Å²) >= 11 is 1.05. The van der Waals surface area contributed by atoms with Crippen LogP contribution < -0.4 is 14.8 Å². The van der Waals surface area contributed by atoms with E-state index < -0.39 is 17.3 Å². The lowest BCUT2D eigenvalue weighted by Gasteiger charge is -2.26. The zero-order chi connectivity index (χ0) is 20.8. The van der Waals surface area contributed by atoms with Crippen molar-refractivity contribution in [2.45, 2.75) is 13.5 Å². The Morgan fingerprint density at radius 2 is 2.07 bits per heavy atom. The monoisotopic (exact) mass is 420 g/mol. The average Bonchev–Trinajstić information content (AvgIpc) is 2.97. The molecule has 1 aromatic heterocycles. The molecule has 1 aliphatic rings. The Labute approximate surface area is 170 Å². The van der Waals surface area contributed by atoms with Crippen molar-refractivity contribution < 1.29 is 23.5 Å². The zero-order valence-corrected chi connectivity index (χ0v) is 16.7. The standard InChI is InChI=1S/C20H21FN2O5S/c1-2-28-19(25)12-18-23(13-17(24)22-6-8-27-9-7-22)20(26)16(29-18)11-14-4-3-5-15(21)10-14/h3-5,10-12H,2,6-9,13H2,1H3/b16-11-,18-12-. The number of hydrogen-bond acceptors (Lipinski definition) is 6. The van der Waals surface area contributed by atoms with Gasteiger partial charge in [-0.3, -0.25) is 14.2 Å². The Kier molecular flexibility index (Phi) is 6.95. The van der Waals surface area contributed by atoms with E-state index in [1.54, 1.807) is 24.0 Å². The van der Waals surface area contributed by atoms with Crippen molar-refractivity contribution in [3.8, 4) is 0 Å². The van der Waals surface area contributed by atoms with Crippen molar-refractivity contribution in [2.24, 2.45) is 0 Å². The number of nitrogens with zero attached hydrogens (tertiary/aromatic N) is 2. The predicted octanol–water partition coefficient (Wildman–Crippen LogP) is 0.0801. The first kappa shape index (κ1) is 20.9. The van der Waals surface area contributed by atoms with Crippen LogP contribution in [-0.2, 0) is 25.6 Å². The van der Waals surface area contributed by atoms with Gasteiger partial charge in [-0.1, -0.05) is 12.1 Å². The van der Waals surface area contributed by atoms with Crippen LogP contribution in [0.15, 0.2) is 29.1 Å². The minimum absolute atomic E-state index is 0.194. The van der Waals surface area contributed by atoms with Gasteiger partial charge in [0.1, 0.15) is 17.0 Å². The first-order valence-corrected chi connectivity index (χ1v) is 10.0. The van der Waals surface area contributed by atoms with Crippen LogP contribution in [0.4, 0.5) is 4.39 Å². The first-order valence-electron chi connectivity index (χ1n) is 9.19. The number of hydrogen-bond donors (Lipinski definition) is 0. The van der Waals surface area contributed by atoms with E-state index in [-0.39, 0.29) is 19.1 Å². The number of thiazole rings is 1. The van der Waals surface area contributed by atoms with E-state index in [1.807, 2.05) is 0 Å². The van der Waals surface area contributed by atoms with Crippen molar-refractivity contribution in [3.63, 3.8) is 0 Å². The minimum Gasteiger partial charge on any atom is -0.463 e. The lowest BCUT2D eigenvalue weighted by molar-refractivity contribution is -0.136. The summed E-state index contributed by atoms with van der Waals surface area (Å²) in [4.78, 5) is 39.1. The van der Waals surface area contributed by atoms with Crippen LogP contribution in [0.5, 0.6) is 0 Å². The Bertz CT molecular complexity index is 1070. The molecule has 0 radical (unpaired) electrons. The van der Waals surface area contributed by atoms with Crippen LogP contribution >= 0.6 is 11.3 Å². The van der Waals surface area contributed by atoms with Crippen LogP contribution in [0, 0.1) is 5.82 Å². The molecule has 0 spiro atoms. The van der Waals surface area contributed by atoms with Gasteiger partial charge < -0.3 is 14.4 Å². The molecule has 0 N–H and O–H groups in total. The molecule has 0 saturated carbocycles. The third-order valence-corrected chi connectivity index (χ3v) is 5.33. The molecule has 1 saturated heterocycles. The molecular weight excluding hydrogens is 399 g/mol. The highest BCUT2D eigenvalue weighted by atomic mass is 32.1. The quantitative estimate of drug-likeness (QED) is 0.641. The second-order valence-corrected chi connectivity index (χ2v) is 7.35. The number of rotatable bonds is 5. The molecule has 9 heteroatoms. The van der Waals surface area contributed by atoms with Gasteiger partial charge in [-0.05, 0) is 30.7 Å². The fourth-order valence-electron chi connectivity index (χ4n) is 2.87. The Hall–Kier alpha value is -2.78. The Morgan fingerprint density at radius 3 is 2.76 bits per heavy atom. The highest BCUT2D eigenvalue weighted by Crippen LogP contribution is 2.04. The summed E-state index contributed by atoms with van der Waals surface area (Å²) in [6.07, 6.45) is 2.74. The third kappa shape index (κ3) is 5.39. The van der Waals surface area contributed by atoms with Gasteiger partial charge in [0.25, 0.3) is 5.56 Å². The molecule has 2 heterocycles. The smallest absolute Gasteiger partial charge is 0.333 e. The maximum Gasteiger partial charge on any atom is 0.333 e. The van der Waals surface area contributed by atoms with E-state index in [0.717, 1.165) is 11.3 Å². The number of aromatic nitrogens is 1. The maximum atomic E-state index is 13.5. The zero-order valence-electron chi connectivity index (χ0n) is 15.9. The van der Waals surface area contributed by atoms with Crippen molar-refractivity contribution in [2.75, 3.05) is 32.9 Å². The fourth-order valence-corrected chi connectivity index (χ4v) is 3.90. The number of carbonyl (C=O) groups is 2. The maximum absolute atomic E-state index is 13.5. The number of halogens is 1. The summed E-state index contributed by atoms with van der Waals surface area (Å²) in [5.41, 5.74) is 0.0918. The van der Waals surface area contributed by atoms with Gasteiger partial charge >= 0.3 is 5.97 Å². The normalized spacial score (nSPS) is 15.6. The highest BCUT2D eigenvalue weighted by molar-refractivity contribution is 7.07. The number of amides is 1. The summed E-state index contributed by atoms with van der Waals surface area (Å²) in [5.74, 6) is -1.25. The van der Waals surface area contributed by atoms with Crippen molar-refractivity contribution >= 4 is 35.4 Å². The van der Waals surface area contributed by atoms with E-state index in [2.05, 4.69) is 0 Å². The van der Waals surface area contributed by atoms with Crippen molar-refractivity contribution in [3.05, 3.63) is 55.2 Å². The summed E-state index contributed by atoms with van der Waals surface area (Å²) in [7, 11) is 0. The molecule has 7 nitrogen and oxygen atoms in total. The molecule has 0 aliphatic carbocycles. The Morgan fingerprint density at radius 1 is 1.31 bits per heavy atom. The topological polar surface area (TPSA) is 77.8 Å². The molecule has 0 atom stereocenters. The van der Waals surface area contributed by atoms with Gasteiger partial charge in [-0.25, -0.2) is 9.18 Å². The predicted molar refractivity (Wildman–Crippen MR) is 106 cm³/mol. The first-order chi connectivity index (χ1) is 14.0. The van der Waals surface area contributed by atoms with Crippen LogP contribution in [0.3, 0.4) is 0 Å². The molecule has 0 unspecified atom stereocenters. The van der Waals surface area contributed by atoms with Gasteiger partial charge in [0.05, 0.1) is 30.4 Å². The van der Waals surface area contributed by atoms with Crippen LogP contribution in [-0.4, -0.2) is 54.3 Å². The summed E-state index contributed by atoms with van der Waals surface area (Å²) < 4.78 is 25.5. The largest absolute Gasteiger partial charge is 0.463 e. The van der Waals surface area contributed by atoms with Crippen molar-refractivity contribution in [1.82, 2.24) is 9.47 Å². The molecular formula is C20H21FN2O5S. The summed E-state index contributed by atoms with van der Waals surface area (Å²) in [5, 5.41) is 0. The van der Waals surface area contributed by atoms with Gasteiger partial charge in [0.2, 0.25) is 5.91 Å². The lowest BCUT2D eigenvalue weighted by atomic mass is 10.2. The Balaban J connectivity index is 2.02. The number of esters is 1. The van der Waals surface area contributed by atoms with Gasteiger partial charge in [-0.2, -0.15) is 0 Å². The molecule has 154 valence electrons. The van der Waals surface area contributed by atoms with Crippen molar-refractivity contribution in [1.29, 1.82) is 0 Å². The number of benzene rings is 1. The molecule has 1 fully saturated rings. The molecule has 2 aromatic rings. The van der Waals surface area contributed by atoms with Gasteiger partial charge in [0, 0.05) is 13.1 Å². The molecule has 0 bridgehead atoms. The molecule has 1 aliphatic heterocycles. The molecule has 3 rings (SSSR count). The summed E-state index contributed by atoms with van der Waals surface area (Å²) in [6.45, 7) is 3.49. The second-order valence-electron chi connectivity index (χ2n) is 6.28. The second kappa shape index (κ2) is 9.62. The number of ether oxygens (including phenoxy) is 2. The average molecular weight is 420 g/mol. The van der Waals surface area contributed by atoms with E-state index in [0.29, 0.717) is 41.1 Å². The highest BCUT2D eigenvalue weighted by Gasteiger charge is 2.19. The van der Waals surface area contributed by atoms with Crippen LogP contribution in [0.1, 0.15) is 12.5 Å². The van der Waals surface area contributed by atoms with Gasteiger partial charge in [-0.15, -0.1) is 11.3 Å². The lowest BCUT2D eigenvalue weighted by Crippen LogP contribution is -2.45. The SMILES string of the molecule is CCOC(=O)/C=c1\s/c(=C\c2cccc(F)c2)c(=O)n1CC(=O)N1CCOCC1. The van der Waals surface area contributed by atoms with Crippen LogP contribution in [0.2, 0.25) is 0 Å².